The van der Waals surface area contributed by atoms with Crippen LogP contribution in [0.3, 0.4) is 0 Å². The molecule has 0 radical (unpaired) electrons. The van der Waals surface area contributed by atoms with Crippen molar-refractivity contribution in [1.29, 1.82) is 0 Å². The summed E-state index contributed by atoms with van der Waals surface area (Å²) in [5.74, 6) is -0.427. The summed E-state index contributed by atoms with van der Waals surface area (Å²) in [7, 11) is 0. The van der Waals surface area contributed by atoms with Crippen LogP contribution in [0.1, 0.15) is 10.5 Å². The number of imidazole rings is 1. The molecule has 0 fully saturated rings. The molecule has 0 saturated heterocycles. The number of rotatable bonds is 2. The zero-order valence-corrected chi connectivity index (χ0v) is 7.64. The highest BCUT2D eigenvalue weighted by atomic mass is 16.4. The third kappa shape index (κ3) is 1.80. The number of carboxylic acid groups (broad SMARTS) is 1. The summed E-state index contributed by atoms with van der Waals surface area (Å²) in [5, 5.41) is 17.8. The summed E-state index contributed by atoms with van der Waals surface area (Å²) >= 11 is 0. The summed E-state index contributed by atoms with van der Waals surface area (Å²) in [6.07, 6.45) is 1.25. The number of phenolic OH excluding ortho intramolecular Hbond substituents is 1. The molecule has 0 bridgehead atoms. The lowest BCUT2D eigenvalue weighted by Gasteiger charge is -1.96. The third-order valence-corrected chi connectivity index (χ3v) is 1.95. The van der Waals surface area contributed by atoms with Gasteiger partial charge in [0.25, 0.3) is 0 Å². The van der Waals surface area contributed by atoms with Crippen molar-refractivity contribution in [3.05, 3.63) is 36.2 Å². The van der Waals surface area contributed by atoms with Crippen LogP contribution in [0.2, 0.25) is 0 Å². The molecule has 0 unspecified atom stereocenters. The summed E-state index contributed by atoms with van der Waals surface area (Å²) < 4.78 is 0. The Morgan fingerprint density at radius 1 is 1.27 bits per heavy atom. The number of aromatic carboxylic acids is 1. The van der Waals surface area contributed by atoms with E-state index in [9.17, 15) is 4.79 Å². The number of aromatic amines is 1. The Morgan fingerprint density at radius 3 is 2.47 bits per heavy atom. The first-order valence-corrected chi connectivity index (χ1v) is 4.24. The Balaban J connectivity index is 2.37. The van der Waals surface area contributed by atoms with Crippen LogP contribution in [-0.2, 0) is 0 Å². The molecule has 2 rings (SSSR count). The lowest BCUT2D eigenvalue weighted by molar-refractivity contribution is 0.0691. The maximum absolute atomic E-state index is 10.6. The second-order valence-corrected chi connectivity index (χ2v) is 3.00. The lowest BCUT2D eigenvalue weighted by Crippen LogP contribution is -1.95. The molecule has 1 aromatic carbocycles. The fraction of sp³-hybridized carbons (Fsp3) is 0. The first-order chi connectivity index (χ1) is 7.16. The SMILES string of the molecule is O=C(O)c1cnc(-c2ccc(O)cc2)[nH]1. The van der Waals surface area contributed by atoms with Crippen molar-refractivity contribution < 1.29 is 15.0 Å². The first-order valence-electron chi connectivity index (χ1n) is 4.24. The maximum atomic E-state index is 10.6. The predicted molar refractivity (Wildman–Crippen MR) is 52.6 cm³/mol. The highest BCUT2D eigenvalue weighted by Gasteiger charge is 2.08. The third-order valence-electron chi connectivity index (χ3n) is 1.95. The second-order valence-electron chi connectivity index (χ2n) is 3.00. The summed E-state index contributed by atoms with van der Waals surface area (Å²) in [4.78, 5) is 17.2. The number of carbonyl (C=O) groups is 1. The van der Waals surface area contributed by atoms with Crippen molar-refractivity contribution in [3.8, 4) is 17.1 Å². The smallest absolute Gasteiger partial charge is 0.353 e. The number of nitrogens with zero attached hydrogens (tertiary/aromatic N) is 1. The van der Waals surface area contributed by atoms with Crippen LogP contribution in [-0.4, -0.2) is 26.2 Å². The van der Waals surface area contributed by atoms with Gasteiger partial charge in [-0.1, -0.05) is 0 Å². The average molecular weight is 204 g/mol. The average Bonchev–Trinajstić information content (AvgIpc) is 2.68. The molecule has 0 aliphatic rings. The fourth-order valence-electron chi connectivity index (χ4n) is 1.20. The second kappa shape index (κ2) is 3.45. The molecule has 2 aromatic rings. The van der Waals surface area contributed by atoms with E-state index in [4.69, 9.17) is 10.2 Å². The molecule has 1 aromatic heterocycles. The molecule has 0 amide bonds. The molecule has 5 heteroatoms. The first kappa shape index (κ1) is 9.26. The number of H-pyrrole nitrogens is 1. The standard InChI is InChI=1S/C10H8N2O3/c13-7-3-1-6(2-4-7)9-11-5-8(12-9)10(14)15/h1-5,13H,(H,11,12)(H,14,15). The van der Waals surface area contributed by atoms with E-state index in [2.05, 4.69) is 9.97 Å². The van der Waals surface area contributed by atoms with Gasteiger partial charge in [-0.15, -0.1) is 0 Å². The predicted octanol–water partition coefficient (Wildman–Crippen LogP) is 1.48. The van der Waals surface area contributed by atoms with Crippen molar-refractivity contribution in [2.45, 2.75) is 0 Å². The number of benzene rings is 1. The van der Waals surface area contributed by atoms with Crippen LogP contribution in [0.4, 0.5) is 0 Å². The van der Waals surface area contributed by atoms with Crippen LogP contribution in [0.5, 0.6) is 5.75 Å². The van der Waals surface area contributed by atoms with E-state index in [0.29, 0.717) is 5.82 Å². The zero-order valence-electron chi connectivity index (χ0n) is 7.64. The number of hydrogen-bond acceptors (Lipinski definition) is 3. The Kier molecular flexibility index (Phi) is 2.13. The molecule has 3 N–H and O–H groups in total. The van der Waals surface area contributed by atoms with Crippen molar-refractivity contribution in [1.82, 2.24) is 9.97 Å². The zero-order chi connectivity index (χ0) is 10.8. The molecule has 15 heavy (non-hydrogen) atoms. The van der Waals surface area contributed by atoms with Gasteiger partial charge in [0.15, 0.2) is 0 Å². The normalized spacial score (nSPS) is 10.1. The van der Waals surface area contributed by atoms with Crippen molar-refractivity contribution in [3.63, 3.8) is 0 Å². The van der Waals surface area contributed by atoms with Gasteiger partial charge in [0.05, 0.1) is 6.20 Å². The van der Waals surface area contributed by atoms with Gasteiger partial charge >= 0.3 is 5.97 Å². The molecule has 0 aliphatic heterocycles. The molecular weight excluding hydrogens is 196 g/mol. The van der Waals surface area contributed by atoms with Gasteiger partial charge < -0.3 is 15.2 Å². The molecule has 5 nitrogen and oxygen atoms in total. The van der Waals surface area contributed by atoms with E-state index in [0.717, 1.165) is 5.56 Å². The van der Waals surface area contributed by atoms with E-state index >= 15 is 0 Å². The van der Waals surface area contributed by atoms with Gasteiger partial charge in [-0.25, -0.2) is 9.78 Å². The number of carboxylic acids is 1. The van der Waals surface area contributed by atoms with E-state index in [1.807, 2.05) is 0 Å². The Morgan fingerprint density at radius 2 is 1.93 bits per heavy atom. The number of aromatic hydroxyl groups is 1. The van der Waals surface area contributed by atoms with Crippen molar-refractivity contribution >= 4 is 5.97 Å². The quantitative estimate of drug-likeness (QED) is 0.691. The molecule has 1 heterocycles. The minimum Gasteiger partial charge on any atom is -0.508 e. The van der Waals surface area contributed by atoms with Crippen LogP contribution < -0.4 is 0 Å². The van der Waals surface area contributed by atoms with Gasteiger partial charge in [-0.05, 0) is 24.3 Å². The topological polar surface area (TPSA) is 86.2 Å². The van der Waals surface area contributed by atoms with E-state index in [1.54, 1.807) is 12.1 Å². The minimum atomic E-state index is -1.05. The highest BCUT2D eigenvalue weighted by Crippen LogP contribution is 2.18. The molecule has 0 atom stereocenters. The Labute approximate surface area is 85.0 Å². The van der Waals surface area contributed by atoms with Crippen LogP contribution in [0.15, 0.2) is 30.5 Å². The lowest BCUT2D eigenvalue weighted by atomic mass is 10.2. The Hall–Kier alpha value is -2.30. The summed E-state index contributed by atoms with van der Waals surface area (Å²) in [6.45, 7) is 0. The maximum Gasteiger partial charge on any atom is 0.353 e. The molecule has 0 aliphatic carbocycles. The molecule has 0 saturated carbocycles. The Bertz CT molecular complexity index is 488. The highest BCUT2D eigenvalue weighted by molar-refractivity contribution is 5.85. The summed E-state index contributed by atoms with van der Waals surface area (Å²) in [6, 6.07) is 6.33. The van der Waals surface area contributed by atoms with Gasteiger partial charge in [-0.3, -0.25) is 0 Å². The molecule has 0 spiro atoms. The van der Waals surface area contributed by atoms with Gasteiger partial charge in [0.2, 0.25) is 0 Å². The van der Waals surface area contributed by atoms with Crippen molar-refractivity contribution in [2.75, 3.05) is 0 Å². The molecular formula is C10H8N2O3. The van der Waals surface area contributed by atoms with E-state index in [1.165, 1.54) is 18.3 Å². The van der Waals surface area contributed by atoms with Crippen molar-refractivity contribution in [2.24, 2.45) is 0 Å². The number of aromatic nitrogens is 2. The monoisotopic (exact) mass is 204 g/mol. The van der Waals surface area contributed by atoms with E-state index < -0.39 is 5.97 Å². The van der Waals surface area contributed by atoms with Gasteiger partial charge in [-0.2, -0.15) is 0 Å². The number of hydrogen-bond donors (Lipinski definition) is 3. The molecule has 76 valence electrons. The number of phenols is 1. The largest absolute Gasteiger partial charge is 0.508 e. The van der Waals surface area contributed by atoms with Gasteiger partial charge in [0.1, 0.15) is 17.3 Å². The summed E-state index contributed by atoms with van der Waals surface area (Å²) in [5.41, 5.74) is 0.762. The van der Waals surface area contributed by atoms with E-state index in [-0.39, 0.29) is 11.4 Å². The minimum absolute atomic E-state index is 0.0399. The van der Waals surface area contributed by atoms with Crippen LogP contribution in [0, 0.1) is 0 Å². The van der Waals surface area contributed by atoms with Crippen LogP contribution in [0.25, 0.3) is 11.4 Å². The number of nitrogens with one attached hydrogen (secondary N) is 1. The fourth-order valence-corrected chi connectivity index (χ4v) is 1.20. The van der Waals surface area contributed by atoms with Gasteiger partial charge in [0, 0.05) is 5.56 Å². The van der Waals surface area contributed by atoms with Crippen LogP contribution >= 0.6 is 0 Å².